The number of ether oxygens (including phenoxy) is 1. The molecule has 0 unspecified atom stereocenters. The van der Waals surface area contributed by atoms with Crippen LogP contribution >= 0.6 is 11.6 Å². The Hall–Kier alpha value is -2.28. The maximum absolute atomic E-state index is 6.58. The first kappa shape index (κ1) is 18.1. The molecule has 2 aromatic carbocycles. The normalized spacial score (nSPS) is 16.4. The molecule has 3 aromatic rings. The van der Waals surface area contributed by atoms with Crippen LogP contribution in [-0.4, -0.2) is 51.4 Å². The van der Waals surface area contributed by atoms with Crippen molar-refractivity contribution in [3.8, 4) is 5.69 Å². The number of benzene rings is 2. The van der Waals surface area contributed by atoms with Gasteiger partial charge >= 0.3 is 0 Å². The lowest BCUT2D eigenvalue weighted by Gasteiger charge is -2.34. The summed E-state index contributed by atoms with van der Waals surface area (Å²) in [6.45, 7) is 7.13. The van der Waals surface area contributed by atoms with E-state index in [1.165, 1.54) is 0 Å². The average Bonchev–Trinajstić information content (AvgIpc) is 3.13. The number of tetrazole rings is 1. The minimum atomic E-state index is -0.142. The second kappa shape index (κ2) is 7.76. The van der Waals surface area contributed by atoms with Gasteiger partial charge in [0.25, 0.3) is 0 Å². The minimum Gasteiger partial charge on any atom is -0.379 e. The van der Waals surface area contributed by atoms with E-state index >= 15 is 0 Å². The highest BCUT2D eigenvalue weighted by molar-refractivity contribution is 6.31. The van der Waals surface area contributed by atoms with Crippen molar-refractivity contribution in [3.05, 3.63) is 70.0 Å². The van der Waals surface area contributed by atoms with E-state index < -0.39 is 0 Å². The number of hydrogen-bond acceptors (Lipinski definition) is 5. The fourth-order valence-corrected chi connectivity index (χ4v) is 3.93. The highest BCUT2D eigenvalue weighted by atomic mass is 35.5. The smallest absolute Gasteiger partial charge is 0.178 e. The van der Waals surface area contributed by atoms with Crippen LogP contribution in [0.15, 0.2) is 42.5 Å². The Morgan fingerprint density at radius 2 is 1.70 bits per heavy atom. The molecule has 140 valence electrons. The van der Waals surface area contributed by atoms with E-state index in [4.69, 9.17) is 16.3 Å². The third-order valence-corrected chi connectivity index (χ3v) is 5.34. The molecule has 6 nitrogen and oxygen atoms in total. The van der Waals surface area contributed by atoms with Gasteiger partial charge in [-0.25, -0.2) is 0 Å². The Balaban J connectivity index is 1.87. The Kier molecular flexibility index (Phi) is 5.20. The highest BCUT2D eigenvalue weighted by Crippen LogP contribution is 2.34. The van der Waals surface area contributed by atoms with Gasteiger partial charge in [-0.05, 0) is 47.0 Å². The third kappa shape index (κ3) is 3.48. The number of rotatable bonds is 4. The number of hydrogen-bond donors (Lipinski definition) is 0. The number of nitrogens with zero attached hydrogens (tertiary/aromatic N) is 5. The van der Waals surface area contributed by atoms with Gasteiger partial charge in [0.05, 0.1) is 24.9 Å². The molecule has 1 fully saturated rings. The lowest BCUT2D eigenvalue weighted by Crippen LogP contribution is -2.40. The van der Waals surface area contributed by atoms with E-state index in [0.29, 0.717) is 18.2 Å². The van der Waals surface area contributed by atoms with Gasteiger partial charge in [0.2, 0.25) is 0 Å². The zero-order valence-corrected chi connectivity index (χ0v) is 16.2. The lowest BCUT2D eigenvalue weighted by molar-refractivity contribution is 0.0220. The highest BCUT2D eigenvalue weighted by Gasteiger charge is 2.31. The number of morpholine rings is 1. The fraction of sp³-hybridized carbons (Fsp3) is 0.350. The quantitative estimate of drug-likeness (QED) is 0.691. The Labute approximate surface area is 163 Å². The summed E-state index contributed by atoms with van der Waals surface area (Å²) in [7, 11) is 0. The molecule has 7 heteroatoms. The molecule has 1 atom stereocenters. The van der Waals surface area contributed by atoms with Crippen molar-refractivity contribution in [1.29, 1.82) is 0 Å². The van der Waals surface area contributed by atoms with Gasteiger partial charge in [0, 0.05) is 18.1 Å². The molecule has 0 spiro atoms. The van der Waals surface area contributed by atoms with Crippen LogP contribution in [0, 0.1) is 13.8 Å². The first-order valence-electron chi connectivity index (χ1n) is 9.08. The summed E-state index contributed by atoms with van der Waals surface area (Å²) in [5.41, 5.74) is 4.28. The van der Waals surface area contributed by atoms with Crippen LogP contribution in [0.4, 0.5) is 0 Å². The van der Waals surface area contributed by atoms with E-state index in [9.17, 15) is 0 Å². The summed E-state index contributed by atoms with van der Waals surface area (Å²) in [4.78, 5) is 2.33. The van der Waals surface area contributed by atoms with Crippen LogP contribution in [0.25, 0.3) is 5.69 Å². The van der Waals surface area contributed by atoms with Gasteiger partial charge in [-0.1, -0.05) is 48.0 Å². The molecule has 0 amide bonds. The largest absolute Gasteiger partial charge is 0.379 e. The van der Waals surface area contributed by atoms with E-state index in [-0.39, 0.29) is 6.04 Å². The molecule has 2 heterocycles. The molecule has 0 saturated carbocycles. The maximum atomic E-state index is 6.58. The molecule has 1 aromatic heterocycles. The molecule has 27 heavy (non-hydrogen) atoms. The van der Waals surface area contributed by atoms with Gasteiger partial charge in [-0.15, -0.1) is 5.10 Å². The SMILES string of the molecule is Cc1cccc(C)c1-n1nnnc1[C@H](c1ccccc1Cl)N1CCOCC1. The summed E-state index contributed by atoms with van der Waals surface area (Å²) >= 11 is 6.58. The standard InChI is InChI=1S/C20H22ClN5O/c1-14-6-5-7-15(2)18(14)26-20(22-23-24-26)19(25-10-12-27-13-11-25)16-8-3-4-9-17(16)21/h3-9,19H,10-13H2,1-2H3/t19-/m0/s1. The Bertz CT molecular complexity index is 915. The van der Waals surface area contributed by atoms with E-state index in [2.05, 4.69) is 46.4 Å². The van der Waals surface area contributed by atoms with Crippen molar-refractivity contribution in [2.24, 2.45) is 0 Å². The number of halogens is 1. The zero-order chi connectivity index (χ0) is 18.8. The summed E-state index contributed by atoms with van der Waals surface area (Å²) in [6, 6.07) is 14.0. The Morgan fingerprint density at radius 1 is 1.00 bits per heavy atom. The molecule has 4 rings (SSSR count). The molecular formula is C20H22ClN5O. The first-order chi connectivity index (χ1) is 13.2. The molecule has 1 saturated heterocycles. The monoisotopic (exact) mass is 383 g/mol. The zero-order valence-electron chi connectivity index (χ0n) is 15.5. The number of aryl methyl sites for hydroxylation is 2. The summed E-state index contributed by atoms with van der Waals surface area (Å²) in [6.07, 6.45) is 0. The summed E-state index contributed by atoms with van der Waals surface area (Å²) < 4.78 is 7.41. The number of para-hydroxylation sites is 1. The molecule has 0 radical (unpaired) electrons. The second-order valence-electron chi connectivity index (χ2n) is 6.76. The van der Waals surface area contributed by atoms with Gasteiger partial charge in [-0.2, -0.15) is 4.68 Å². The van der Waals surface area contributed by atoms with Gasteiger partial charge in [0.1, 0.15) is 0 Å². The van der Waals surface area contributed by atoms with E-state index in [1.807, 2.05) is 35.0 Å². The van der Waals surface area contributed by atoms with Crippen molar-refractivity contribution in [1.82, 2.24) is 25.1 Å². The van der Waals surface area contributed by atoms with Crippen LogP contribution in [0.2, 0.25) is 5.02 Å². The topological polar surface area (TPSA) is 56.1 Å². The predicted molar refractivity (Wildman–Crippen MR) is 104 cm³/mol. The van der Waals surface area contributed by atoms with Crippen molar-refractivity contribution in [2.75, 3.05) is 26.3 Å². The number of aromatic nitrogens is 4. The van der Waals surface area contributed by atoms with Crippen LogP contribution < -0.4 is 0 Å². The summed E-state index contributed by atoms with van der Waals surface area (Å²) in [5, 5.41) is 13.5. The van der Waals surface area contributed by atoms with Crippen LogP contribution in [0.1, 0.15) is 28.6 Å². The first-order valence-corrected chi connectivity index (χ1v) is 9.45. The van der Waals surface area contributed by atoms with Crippen molar-refractivity contribution >= 4 is 11.6 Å². The third-order valence-electron chi connectivity index (χ3n) is 5.00. The lowest BCUT2D eigenvalue weighted by atomic mass is 10.0. The molecule has 0 aliphatic carbocycles. The Morgan fingerprint density at radius 3 is 2.41 bits per heavy atom. The van der Waals surface area contributed by atoms with E-state index in [0.717, 1.165) is 41.3 Å². The van der Waals surface area contributed by atoms with Gasteiger partial charge in [-0.3, -0.25) is 4.90 Å². The average molecular weight is 384 g/mol. The summed E-state index contributed by atoms with van der Waals surface area (Å²) in [5.74, 6) is 0.766. The van der Waals surface area contributed by atoms with E-state index in [1.54, 1.807) is 0 Å². The van der Waals surface area contributed by atoms with Gasteiger partial charge in [0.15, 0.2) is 5.82 Å². The van der Waals surface area contributed by atoms with Crippen LogP contribution in [0.5, 0.6) is 0 Å². The maximum Gasteiger partial charge on any atom is 0.178 e. The molecule has 0 bridgehead atoms. The molecule has 1 aliphatic rings. The molecular weight excluding hydrogens is 362 g/mol. The van der Waals surface area contributed by atoms with Crippen molar-refractivity contribution in [2.45, 2.75) is 19.9 Å². The van der Waals surface area contributed by atoms with Crippen LogP contribution in [-0.2, 0) is 4.74 Å². The minimum absolute atomic E-state index is 0.142. The molecule has 0 N–H and O–H groups in total. The second-order valence-corrected chi connectivity index (χ2v) is 7.17. The van der Waals surface area contributed by atoms with Crippen molar-refractivity contribution < 1.29 is 4.74 Å². The van der Waals surface area contributed by atoms with Crippen LogP contribution in [0.3, 0.4) is 0 Å². The van der Waals surface area contributed by atoms with Gasteiger partial charge < -0.3 is 4.74 Å². The fourth-order valence-electron chi connectivity index (χ4n) is 3.70. The predicted octanol–water partition coefficient (Wildman–Crippen LogP) is 3.35. The van der Waals surface area contributed by atoms with Crippen molar-refractivity contribution in [3.63, 3.8) is 0 Å². The molecule has 1 aliphatic heterocycles.